The van der Waals surface area contributed by atoms with Gasteiger partial charge in [-0.1, -0.05) is 30.7 Å². The van der Waals surface area contributed by atoms with Crippen molar-refractivity contribution < 1.29 is 0 Å². The first kappa shape index (κ1) is 7.15. The van der Waals surface area contributed by atoms with Gasteiger partial charge in [0.2, 0.25) is 0 Å². The molecule has 2 aliphatic rings. The maximum atomic E-state index is 2.45. The van der Waals surface area contributed by atoms with Gasteiger partial charge in [-0.15, -0.1) is 0 Å². The minimum atomic E-state index is 0.497. The molecule has 1 atom stereocenters. The largest absolute Gasteiger partial charge is 0.0877 e. The Kier molecular flexibility index (Phi) is 1.85. The molecule has 11 heavy (non-hydrogen) atoms. The predicted octanol–water partition coefficient (Wildman–Crippen LogP) is 3.45. The van der Waals surface area contributed by atoms with Crippen molar-refractivity contribution in [3.8, 4) is 0 Å². The molecule has 0 amide bonds. The average molecular weight is 148 g/mol. The molecule has 2 aliphatic carbocycles. The molecule has 0 aromatic heterocycles. The molecule has 0 aliphatic heterocycles. The smallest absolute Gasteiger partial charge is 0.00638 e. The van der Waals surface area contributed by atoms with Crippen LogP contribution in [-0.4, -0.2) is 0 Å². The van der Waals surface area contributed by atoms with Crippen LogP contribution in [-0.2, 0) is 0 Å². The maximum absolute atomic E-state index is 2.45. The van der Waals surface area contributed by atoms with E-state index in [1.54, 1.807) is 0 Å². The van der Waals surface area contributed by atoms with Crippen LogP contribution >= 0.6 is 0 Å². The van der Waals surface area contributed by atoms with Crippen molar-refractivity contribution in [2.75, 3.05) is 0 Å². The Labute approximate surface area is 69.0 Å². The Morgan fingerprint density at radius 1 is 0.818 bits per heavy atom. The van der Waals surface area contributed by atoms with Gasteiger partial charge in [0.1, 0.15) is 0 Å². The molecule has 1 unspecified atom stereocenters. The lowest BCUT2D eigenvalue weighted by atomic mass is 9.83. The molecular weight excluding hydrogens is 132 g/mol. The van der Waals surface area contributed by atoms with E-state index in [-0.39, 0.29) is 0 Å². The second-order valence-electron chi connectivity index (χ2n) is 3.82. The van der Waals surface area contributed by atoms with Crippen molar-refractivity contribution >= 4 is 0 Å². The van der Waals surface area contributed by atoms with Gasteiger partial charge >= 0.3 is 0 Å². The van der Waals surface area contributed by atoms with Crippen LogP contribution in [0, 0.1) is 5.41 Å². The topological polar surface area (TPSA) is 0 Å². The van der Waals surface area contributed by atoms with E-state index in [1.807, 2.05) is 0 Å². The van der Waals surface area contributed by atoms with Crippen molar-refractivity contribution in [2.45, 2.75) is 38.5 Å². The van der Waals surface area contributed by atoms with E-state index >= 15 is 0 Å². The summed E-state index contributed by atoms with van der Waals surface area (Å²) in [4.78, 5) is 0. The third-order valence-corrected chi connectivity index (χ3v) is 2.94. The summed E-state index contributed by atoms with van der Waals surface area (Å²) in [5, 5.41) is 0. The Bertz CT molecular complexity index is 188. The maximum Gasteiger partial charge on any atom is 0.00638 e. The van der Waals surface area contributed by atoms with Gasteiger partial charge < -0.3 is 0 Å². The van der Waals surface area contributed by atoms with Gasteiger partial charge in [-0.25, -0.2) is 0 Å². The highest BCUT2D eigenvalue weighted by atomic mass is 14.3. The zero-order valence-electron chi connectivity index (χ0n) is 7.05. The van der Waals surface area contributed by atoms with E-state index < -0.39 is 0 Å². The van der Waals surface area contributed by atoms with Gasteiger partial charge in [-0.05, 0) is 32.1 Å². The second kappa shape index (κ2) is 2.84. The van der Waals surface area contributed by atoms with Gasteiger partial charge in [0.05, 0.1) is 0 Å². The van der Waals surface area contributed by atoms with Crippen molar-refractivity contribution in [2.24, 2.45) is 5.41 Å². The van der Waals surface area contributed by atoms with Crippen molar-refractivity contribution in [1.82, 2.24) is 0 Å². The Morgan fingerprint density at radius 2 is 1.64 bits per heavy atom. The van der Waals surface area contributed by atoms with Crippen molar-refractivity contribution in [1.29, 1.82) is 0 Å². The van der Waals surface area contributed by atoms with E-state index in [2.05, 4.69) is 24.3 Å². The lowest BCUT2D eigenvalue weighted by Crippen LogP contribution is -2.09. The van der Waals surface area contributed by atoms with Crippen LogP contribution in [0.15, 0.2) is 24.3 Å². The SMILES string of the molecule is C1=CC2(C=CCC2)CCCC1. The van der Waals surface area contributed by atoms with E-state index in [0.29, 0.717) is 5.41 Å². The van der Waals surface area contributed by atoms with Gasteiger partial charge in [-0.3, -0.25) is 0 Å². The number of allylic oxidation sites excluding steroid dienone is 4. The van der Waals surface area contributed by atoms with Gasteiger partial charge in [-0.2, -0.15) is 0 Å². The third kappa shape index (κ3) is 1.40. The summed E-state index contributed by atoms with van der Waals surface area (Å²) in [6.45, 7) is 0. The molecule has 0 nitrogen and oxygen atoms in total. The van der Waals surface area contributed by atoms with E-state index in [9.17, 15) is 0 Å². The van der Waals surface area contributed by atoms with Gasteiger partial charge in [0.15, 0.2) is 0 Å². The zero-order valence-corrected chi connectivity index (χ0v) is 7.05. The first-order valence-corrected chi connectivity index (χ1v) is 4.77. The quantitative estimate of drug-likeness (QED) is 0.461. The van der Waals surface area contributed by atoms with E-state index in [1.165, 1.54) is 38.5 Å². The van der Waals surface area contributed by atoms with E-state index in [0.717, 1.165) is 0 Å². The Morgan fingerprint density at radius 3 is 2.45 bits per heavy atom. The van der Waals surface area contributed by atoms with E-state index in [4.69, 9.17) is 0 Å². The number of hydrogen-bond acceptors (Lipinski definition) is 0. The highest BCUT2D eigenvalue weighted by Gasteiger charge is 2.26. The van der Waals surface area contributed by atoms with Crippen molar-refractivity contribution in [3.63, 3.8) is 0 Å². The molecule has 0 N–H and O–H groups in total. The predicted molar refractivity (Wildman–Crippen MR) is 48.4 cm³/mol. The standard InChI is InChI=1S/C11H16/c1-2-4-8-11(7-3-1)9-5-6-10-11/h3,5,7,9H,1-2,4,6,8,10H2. The molecule has 0 aromatic rings. The van der Waals surface area contributed by atoms with Gasteiger partial charge in [0, 0.05) is 5.41 Å². The van der Waals surface area contributed by atoms with Crippen LogP contribution in [0.4, 0.5) is 0 Å². The van der Waals surface area contributed by atoms with Crippen LogP contribution in [0.2, 0.25) is 0 Å². The van der Waals surface area contributed by atoms with Crippen LogP contribution in [0.25, 0.3) is 0 Å². The fraction of sp³-hybridized carbons (Fsp3) is 0.636. The first-order chi connectivity index (χ1) is 5.41. The van der Waals surface area contributed by atoms with Crippen LogP contribution in [0.3, 0.4) is 0 Å². The number of rotatable bonds is 0. The molecule has 0 fully saturated rings. The minimum Gasteiger partial charge on any atom is -0.0877 e. The summed E-state index contributed by atoms with van der Waals surface area (Å²) < 4.78 is 0. The molecular formula is C11H16. The lowest BCUT2D eigenvalue weighted by Gasteiger charge is -2.21. The molecule has 0 heterocycles. The summed E-state index contributed by atoms with van der Waals surface area (Å²) in [6.07, 6.45) is 17.8. The van der Waals surface area contributed by atoms with Crippen molar-refractivity contribution in [3.05, 3.63) is 24.3 Å². The van der Waals surface area contributed by atoms with Crippen LogP contribution in [0.1, 0.15) is 38.5 Å². The molecule has 0 saturated heterocycles. The summed E-state index contributed by atoms with van der Waals surface area (Å²) in [5.74, 6) is 0. The fourth-order valence-corrected chi connectivity index (χ4v) is 2.22. The summed E-state index contributed by atoms with van der Waals surface area (Å²) in [6, 6.07) is 0. The second-order valence-corrected chi connectivity index (χ2v) is 3.82. The Hall–Kier alpha value is -0.520. The zero-order chi connectivity index (χ0) is 7.57. The fourth-order valence-electron chi connectivity index (χ4n) is 2.22. The summed E-state index contributed by atoms with van der Waals surface area (Å²) in [7, 11) is 0. The highest BCUT2D eigenvalue weighted by molar-refractivity contribution is 5.17. The lowest BCUT2D eigenvalue weighted by molar-refractivity contribution is 0.430. The molecule has 1 spiro atoms. The first-order valence-electron chi connectivity index (χ1n) is 4.77. The average Bonchev–Trinajstić information content (AvgIpc) is 2.32. The Balaban J connectivity index is 2.15. The minimum absolute atomic E-state index is 0.497. The third-order valence-electron chi connectivity index (χ3n) is 2.94. The number of hydrogen-bond donors (Lipinski definition) is 0. The molecule has 0 saturated carbocycles. The van der Waals surface area contributed by atoms with Gasteiger partial charge in [0.25, 0.3) is 0 Å². The molecule has 0 radical (unpaired) electrons. The molecule has 0 heteroatoms. The highest BCUT2D eigenvalue weighted by Crippen LogP contribution is 2.40. The summed E-state index contributed by atoms with van der Waals surface area (Å²) in [5.41, 5.74) is 0.497. The molecule has 2 rings (SSSR count). The van der Waals surface area contributed by atoms with Crippen LogP contribution < -0.4 is 0 Å². The molecule has 0 aromatic carbocycles. The monoisotopic (exact) mass is 148 g/mol. The molecule has 0 bridgehead atoms. The summed E-state index contributed by atoms with van der Waals surface area (Å²) >= 11 is 0. The van der Waals surface area contributed by atoms with Crippen LogP contribution in [0.5, 0.6) is 0 Å². The molecule has 60 valence electrons. The normalized spacial score (nSPS) is 36.4.